The van der Waals surface area contributed by atoms with Gasteiger partial charge < -0.3 is 29.0 Å². The molecule has 1 N–H and O–H groups in total. The number of ether oxygens (including phenoxy) is 4. The Labute approximate surface area is 281 Å². The van der Waals surface area contributed by atoms with Crippen LogP contribution < -0.4 is 14.5 Å². The first-order chi connectivity index (χ1) is 22.6. The number of alkyl halides is 3. The topological polar surface area (TPSA) is 135 Å². The molecule has 1 atom stereocenters. The molecule has 12 nitrogen and oxygen atoms in total. The molecule has 2 aromatic carbocycles. The molecule has 1 aliphatic heterocycles. The fourth-order valence-corrected chi connectivity index (χ4v) is 5.03. The molecule has 0 bridgehead atoms. The zero-order valence-electron chi connectivity index (χ0n) is 28.4. The summed E-state index contributed by atoms with van der Waals surface area (Å²) in [6, 6.07) is 8.10. The Kier molecular flexibility index (Phi) is 12.1. The van der Waals surface area contributed by atoms with Crippen molar-refractivity contribution in [2.45, 2.75) is 78.0 Å². The van der Waals surface area contributed by atoms with Gasteiger partial charge in [-0.25, -0.2) is 14.0 Å². The zero-order chi connectivity index (χ0) is 36.9. The number of esters is 1. The molecular weight excluding hydrogens is 658 g/mol. The highest BCUT2D eigenvalue weighted by molar-refractivity contribution is 6.03. The van der Waals surface area contributed by atoms with Crippen molar-refractivity contribution in [2.24, 2.45) is 0 Å². The number of carboxylic acid groups (broad SMARTS) is 1. The summed E-state index contributed by atoms with van der Waals surface area (Å²) in [5.41, 5.74) is -3.26. The van der Waals surface area contributed by atoms with Crippen molar-refractivity contribution in [1.29, 1.82) is 0 Å². The van der Waals surface area contributed by atoms with E-state index in [9.17, 15) is 37.5 Å². The molecule has 0 saturated heterocycles. The number of nitrogens with zero attached hydrogens (tertiary/aromatic N) is 3. The molecule has 0 fully saturated rings. The highest BCUT2D eigenvalue weighted by atomic mass is 19.4. The smallest absolute Gasteiger partial charge is 0.471 e. The van der Waals surface area contributed by atoms with Gasteiger partial charge in [0.1, 0.15) is 35.8 Å². The number of methoxy groups -OCH3 is 1. The molecule has 16 heteroatoms. The molecule has 270 valence electrons. The molecular formula is C33H41F4N3O9. The van der Waals surface area contributed by atoms with Crippen molar-refractivity contribution in [3.8, 4) is 5.75 Å². The number of carbonyl (C=O) groups is 4. The number of anilines is 2. The van der Waals surface area contributed by atoms with Crippen molar-refractivity contribution in [3.05, 3.63) is 53.3 Å². The molecule has 1 aliphatic rings. The summed E-state index contributed by atoms with van der Waals surface area (Å²) < 4.78 is 80.1. The third-order valence-electron chi connectivity index (χ3n) is 6.90. The lowest BCUT2D eigenvalue weighted by atomic mass is 10.1. The van der Waals surface area contributed by atoms with E-state index in [1.54, 1.807) is 51.1 Å². The summed E-state index contributed by atoms with van der Waals surface area (Å²) >= 11 is 0. The average Bonchev–Trinajstić information content (AvgIpc) is 3.33. The van der Waals surface area contributed by atoms with Crippen LogP contribution in [0, 0.1) is 5.82 Å². The predicted molar refractivity (Wildman–Crippen MR) is 169 cm³/mol. The van der Waals surface area contributed by atoms with E-state index in [1.165, 1.54) is 32.8 Å². The summed E-state index contributed by atoms with van der Waals surface area (Å²) in [4.78, 5) is 53.1. The van der Waals surface area contributed by atoms with Crippen LogP contribution in [0.4, 0.5) is 38.5 Å². The van der Waals surface area contributed by atoms with Crippen LogP contribution in [0.15, 0.2) is 36.4 Å². The molecule has 0 spiro atoms. The minimum atomic E-state index is -5.56. The Morgan fingerprint density at radius 2 is 1.59 bits per heavy atom. The van der Waals surface area contributed by atoms with Crippen molar-refractivity contribution in [1.82, 2.24) is 4.90 Å². The lowest BCUT2D eigenvalue weighted by Crippen LogP contribution is -2.48. The minimum Gasteiger partial charge on any atom is -0.487 e. The number of halogens is 4. The van der Waals surface area contributed by atoms with Crippen LogP contribution in [-0.2, 0) is 36.8 Å². The van der Waals surface area contributed by atoms with Gasteiger partial charge in [0.2, 0.25) is 0 Å². The third-order valence-corrected chi connectivity index (χ3v) is 6.90. The fourth-order valence-electron chi connectivity index (χ4n) is 5.03. The van der Waals surface area contributed by atoms with E-state index in [0.717, 1.165) is 11.0 Å². The number of benzene rings is 2. The largest absolute Gasteiger partial charge is 0.487 e. The second-order valence-corrected chi connectivity index (χ2v) is 13.2. The van der Waals surface area contributed by atoms with Crippen molar-refractivity contribution in [3.63, 3.8) is 0 Å². The van der Waals surface area contributed by atoms with Gasteiger partial charge in [0.15, 0.2) is 5.82 Å². The zero-order valence-corrected chi connectivity index (χ0v) is 28.4. The molecule has 0 radical (unpaired) electrons. The Hall–Kier alpha value is -4.60. The molecule has 0 aliphatic carbocycles. The molecule has 0 aromatic heterocycles. The first kappa shape index (κ1) is 38.8. The van der Waals surface area contributed by atoms with Gasteiger partial charge in [-0.05, 0) is 47.1 Å². The summed E-state index contributed by atoms with van der Waals surface area (Å²) in [6.07, 6.45) is -8.35. The van der Waals surface area contributed by atoms with Gasteiger partial charge in [-0.15, -0.1) is 0 Å². The normalized spacial score (nSPS) is 14.6. The summed E-state index contributed by atoms with van der Waals surface area (Å²) in [5.74, 6) is -5.91. The van der Waals surface area contributed by atoms with E-state index in [0.29, 0.717) is 5.56 Å². The predicted octanol–water partition coefficient (Wildman–Crippen LogP) is 5.93. The number of fused-ring (bicyclic) bond motifs is 1. The maximum absolute atomic E-state index is 16.7. The molecule has 49 heavy (non-hydrogen) atoms. The van der Waals surface area contributed by atoms with Crippen molar-refractivity contribution >= 4 is 35.4 Å². The number of carbonyl (C=O) groups excluding carboxylic acids is 3. The Morgan fingerprint density at radius 1 is 0.980 bits per heavy atom. The second kappa shape index (κ2) is 15.3. The molecule has 3 amide bonds. The van der Waals surface area contributed by atoms with E-state index in [-0.39, 0.29) is 42.5 Å². The van der Waals surface area contributed by atoms with E-state index < -0.39 is 77.7 Å². The van der Waals surface area contributed by atoms with Crippen LogP contribution in [0.1, 0.15) is 52.7 Å². The maximum Gasteiger partial charge on any atom is 0.471 e. The van der Waals surface area contributed by atoms with Crippen LogP contribution in [0.3, 0.4) is 0 Å². The molecule has 2 aromatic rings. The third kappa shape index (κ3) is 10.4. The van der Waals surface area contributed by atoms with E-state index >= 15 is 4.39 Å². The monoisotopic (exact) mass is 699 g/mol. The second-order valence-electron chi connectivity index (χ2n) is 13.2. The Morgan fingerprint density at radius 3 is 2.12 bits per heavy atom. The van der Waals surface area contributed by atoms with Gasteiger partial charge >= 0.3 is 30.2 Å². The van der Waals surface area contributed by atoms with Crippen LogP contribution in [0.2, 0.25) is 0 Å². The molecule has 0 unspecified atom stereocenters. The summed E-state index contributed by atoms with van der Waals surface area (Å²) in [6.45, 7) is 7.29. The lowest BCUT2D eigenvalue weighted by Gasteiger charge is -2.31. The SMILES string of the molecule is COCCN(C[C@H]1Cc2c(cc(OCc3ccccc3)c(N(CC(=O)OC(C)(C)C)C(=O)C(F)(F)F)c2F)N1C(=O)O)C(=O)OC(C)(C)C. The lowest BCUT2D eigenvalue weighted by molar-refractivity contribution is -0.171. The highest BCUT2D eigenvalue weighted by Crippen LogP contribution is 2.45. The van der Waals surface area contributed by atoms with Crippen LogP contribution >= 0.6 is 0 Å². The van der Waals surface area contributed by atoms with Gasteiger partial charge in [0.25, 0.3) is 0 Å². The standard InChI is InChI=1S/C33H41F4N3O9/c1-31(2,3)48-25(41)18-39(28(42)33(35,36)37)27-24(47-19-20-11-9-8-10-12-20)16-23-22(26(27)34)15-21(40(23)29(43)44)17-38(13-14-46-7)30(45)49-32(4,5)6/h8-12,16,21H,13-15,17-19H2,1-7H3,(H,43,44)/t21-/m1/s1. The molecule has 1 heterocycles. The summed E-state index contributed by atoms with van der Waals surface area (Å²) in [5, 5.41) is 10.3. The number of hydrogen-bond acceptors (Lipinski definition) is 8. The number of amides is 3. The van der Waals surface area contributed by atoms with Gasteiger partial charge in [-0.3, -0.25) is 19.4 Å². The fraction of sp³-hybridized carbons (Fsp3) is 0.515. The first-order valence-corrected chi connectivity index (χ1v) is 15.2. The van der Waals surface area contributed by atoms with Crippen LogP contribution in [-0.4, -0.2) is 90.8 Å². The van der Waals surface area contributed by atoms with Crippen molar-refractivity contribution < 1.29 is 60.8 Å². The first-order valence-electron chi connectivity index (χ1n) is 15.2. The molecule has 3 rings (SSSR count). The Balaban J connectivity index is 2.19. The van der Waals surface area contributed by atoms with E-state index in [1.807, 2.05) is 0 Å². The number of hydrogen-bond donors (Lipinski definition) is 1. The Bertz CT molecular complexity index is 1520. The van der Waals surface area contributed by atoms with Gasteiger partial charge in [0.05, 0.1) is 18.3 Å². The summed E-state index contributed by atoms with van der Waals surface area (Å²) in [7, 11) is 1.39. The minimum absolute atomic E-state index is 0.0331. The quantitative estimate of drug-likeness (QED) is 0.224. The van der Waals surface area contributed by atoms with Crippen molar-refractivity contribution in [2.75, 3.05) is 43.2 Å². The number of rotatable bonds is 11. The average molecular weight is 700 g/mol. The van der Waals surface area contributed by atoms with E-state index in [4.69, 9.17) is 18.9 Å². The van der Waals surface area contributed by atoms with Crippen LogP contribution in [0.5, 0.6) is 5.75 Å². The van der Waals surface area contributed by atoms with Gasteiger partial charge in [0, 0.05) is 38.2 Å². The maximum atomic E-state index is 16.7. The highest BCUT2D eigenvalue weighted by Gasteiger charge is 2.47. The van der Waals surface area contributed by atoms with Gasteiger partial charge in [-0.2, -0.15) is 13.2 Å². The molecule has 0 saturated carbocycles. The van der Waals surface area contributed by atoms with Crippen LogP contribution in [0.25, 0.3) is 0 Å². The van der Waals surface area contributed by atoms with E-state index in [2.05, 4.69) is 0 Å². The van der Waals surface area contributed by atoms with Gasteiger partial charge in [-0.1, -0.05) is 30.3 Å².